The Morgan fingerprint density at radius 2 is 1.88 bits per heavy atom. The summed E-state index contributed by atoms with van der Waals surface area (Å²) in [6.45, 7) is 3.35. The lowest BCUT2D eigenvalue weighted by molar-refractivity contribution is -0.136. The van der Waals surface area contributed by atoms with Gasteiger partial charge in [-0.15, -0.1) is 0 Å². The van der Waals surface area contributed by atoms with Crippen molar-refractivity contribution in [1.29, 1.82) is 0 Å². The van der Waals surface area contributed by atoms with E-state index >= 15 is 0 Å². The van der Waals surface area contributed by atoms with Gasteiger partial charge in [0, 0.05) is 11.4 Å². The SMILES string of the molecule is COC(=O)C1=C(C)NC(C)=C(C(=O)O)C1c1ccccc1N=C=S. The number of carboxylic acid groups (broad SMARTS) is 1. The molecule has 2 N–H and O–H groups in total. The Bertz CT molecular complexity index is 820. The van der Waals surface area contributed by atoms with E-state index in [1.807, 2.05) is 0 Å². The van der Waals surface area contributed by atoms with Crippen molar-refractivity contribution in [3.63, 3.8) is 0 Å². The van der Waals surface area contributed by atoms with Crippen molar-refractivity contribution >= 4 is 35.0 Å². The molecule has 124 valence electrons. The summed E-state index contributed by atoms with van der Waals surface area (Å²) in [7, 11) is 1.26. The van der Waals surface area contributed by atoms with E-state index in [1.54, 1.807) is 38.1 Å². The monoisotopic (exact) mass is 344 g/mol. The van der Waals surface area contributed by atoms with Crippen LogP contribution in [-0.2, 0) is 14.3 Å². The predicted octanol–water partition coefficient (Wildman–Crippen LogP) is 2.91. The molecule has 0 aromatic heterocycles. The lowest BCUT2D eigenvalue weighted by Gasteiger charge is -2.29. The Kier molecular flexibility index (Phi) is 5.28. The molecular weight excluding hydrogens is 328 g/mol. The normalized spacial score (nSPS) is 17.0. The molecular formula is C17H16N2O4S. The summed E-state index contributed by atoms with van der Waals surface area (Å²) in [4.78, 5) is 28.1. The van der Waals surface area contributed by atoms with Gasteiger partial charge in [-0.25, -0.2) is 9.59 Å². The van der Waals surface area contributed by atoms with Crippen LogP contribution < -0.4 is 5.32 Å². The van der Waals surface area contributed by atoms with Crippen LogP contribution >= 0.6 is 12.2 Å². The number of dihydropyridines is 1. The molecule has 0 spiro atoms. The molecule has 1 atom stereocenters. The largest absolute Gasteiger partial charge is 0.478 e. The van der Waals surface area contributed by atoms with Crippen LogP contribution in [0.3, 0.4) is 0 Å². The predicted molar refractivity (Wildman–Crippen MR) is 92.1 cm³/mol. The Labute approximate surface area is 144 Å². The van der Waals surface area contributed by atoms with Crippen LogP contribution in [0, 0.1) is 0 Å². The summed E-state index contributed by atoms with van der Waals surface area (Å²) < 4.78 is 4.86. The van der Waals surface area contributed by atoms with Gasteiger partial charge >= 0.3 is 11.9 Å². The van der Waals surface area contributed by atoms with Crippen LogP contribution in [0.2, 0.25) is 0 Å². The highest BCUT2D eigenvalue weighted by Crippen LogP contribution is 2.42. The number of carbonyl (C=O) groups excluding carboxylic acids is 1. The number of carboxylic acids is 1. The average molecular weight is 344 g/mol. The summed E-state index contributed by atoms with van der Waals surface area (Å²) >= 11 is 4.67. The number of aliphatic carboxylic acids is 1. The van der Waals surface area contributed by atoms with Crippen molar-refractivity contribution in [3.05, 3.63) is 52.4 Å². The number of allylic oxidation sites excluding steroid dienone is 2. The number of para-hydroxylation sites is 1. The van der Waals surface area contributed by atoms with Crippen LogP contribution in [-0.4, -0.2) is 29.3 Å². The van der Waals surface area contributed by atoms with E-state index in [-0.39, 0.29) is 11.1 Å². The maximum absolute atomic E-state index is 12.3. The van der Waals surface area contributed by atoms with Gasteiger partial charge in [-0.3, -0.25) is 0 Å². The minimum absolute atomic E-state index is 0.0630. The van der Waals surface area contributed by atoms with Gasteiger partial charge in [0.1, 0.15) is 0 Å². The number of nitrogens with zero attached hydrogens (tertiary/aromatic N) is 1. The van der Waals surface area contributed by atoms with Crippen LogP contribution in [0.1, 0.15) is 25.3 Å². The Hall–Kier alpha value is -2.76. The number of aliphatic imine (C=N–C) groups is 1. The molecule has 0 aliphatic carbocycles. The number of esters is 1. The number of carbonyl (C=O) groups is 2. The van der Waals surface area contributed by atoms with Crippen molar-refractivity contribution in [2.75, 3.05) is 7.11 Å². The zero-order valence-corrected chi connectivity index (χ0v) is 14.2. The molecule has 1 unspecified atom stereocenters. The third-order valence-electron chi connectivity index (χ3n) is 3.81. The lowest BCUT2D eigenvalue weighted by atomic mass is 9.80. The van der Waals surface area contributed by atoms with Gasteiger partial charge in [0.05, 0.1) is 35.0 Å². The summed E-state index contributed by atoms with van der Waals surface area (Å²) in [5.74, 6) is -2.54. The van der Waals surface area contributed by atoms with Crippen LogP contribution in [0.15, 0.2) is 51.8 Å². The van der Waals surface area contributed by atoms with E-state index in [1.165, 1.54) is 7.11 Å². The smallest absolute Gasteiger partial charge is 0.336 e. The van der Waals surface area contributed by atoms with E-state index in [0.29, 0.717) is 22.6 Å². The summed E-state index contributed by atoms with van der Waals surface area (Å²) in [5, 5.41) is 14.9. The van der Waals surface area contributed by atoms with Crippen molar-refractivity contribution in [3.8, 4) is 0 Å². The van der Waals surface area contributed by atoms with Crippen molar-refractivity contribution in [2.45, 2.75) is 19.8 Å². The first kappa shape index (κ1) is 17.6. The first-order valence-electron chi connectivity index (χ1n) is 7.09. The molecule has 1 heterocycles. The molecule has 24 heavy (non-hydrogen) atoms. The number of methoxy groups -OCH3 is 1. The molecule has 7 heteroatoms. The highest BCUT2D eigenvalue weighted by atomic mass is 32.1. The van der Waals surface area contributed by atoms with Crippen LogP contribution in [0.4, 0.5) is 5.69 Å². The molecule has 0 amide bonds. The maximum atomic E-state index is 12.3. The first-order chi connectivity index (χ1) is 11.4. The van der Waals surface area contributed by atoms with E-state index in [0.717, 1.165) is 0 Å². The van der Waals surface area contributed by atoms with Gasteiger partial charge in [-0.1, -0.05) is 18.2 Å². The Balaban J connectivity index is 2.80. The highest BCUT2D eigenvalue weighted by molar-refractivity contribution is 7.78. The van der Waals surface area contributed by atoms with E-state index in [9.17, 15) is 14.7 Å². The number of benzene rings is 1. The summed E-state index contributed by atoms with van der Waals surface area (Å²) in [5.41, 5.74) is 2.29. The topological polar surface area (TPSA) is 88.0 Å². The third kappa shape index (κ3) is 3.13. The first-order valence-corrected chi connectivity index (χ1v) is 7.50. The van der Waals surface area contributed by atoms with Gasteiger partial charge < -0.3 is 15.2 Å². The molecule has 6 nitrogen and oxygen atoms in total. The van der Waals surface area contributed by atoms with Gasteiger partial charge in [0.25, 0.3) is 0 Å². The molecule has 0 fully saturated rings. The zero-order valence-electron chi connectivity index (χ0n) is 13.4. The third-order valence-corrected chi connectivity index (χ3v) is 3.90. The number of isothiocyanates is 1. The summed E-state index contributed by atoms with van der Waals surface area (Å²) in [6, 6.07) is 6.91. The van der Waals surface area contributed by atoms with Gasteiger partial charge in [-0.2, -0.15) is 4.99 Å². The van der Waals surface area contributed by atoms with Crippen LogP contribution in [0.5, 0.6) is 0 Å². The van der Waals surface area contributed by atoms with Gasteiger partial charge in [0.15, 0.2) is 0 Å². The standard InChI is InChI=1S/C17H16N2O4S/c1-9-13(16(20)21)15(14(10(2)19-9)17(22)23-3)11-6-4-5-7-12(11)18-8-24/h4-7,15,19H,1-3H3,(H,20,21). The molecule has 1 aliphatic heterocycles. The Morgan fingerprint density at radius 1 is 1.25 bits per heavy atom. The second-order valence-corrected chi connectivity index (χ2v) is 5.38. The zero-order chi connectivity index (χ0) is 17.9. The van der Waals surface area contributed by atoms with Crippen molar-refractivity contribution < 1.29 is 19.4 Å². The lowest BCUT2D eigenvalue weighted by Crippen LogP contribution is -2.31. The Morgan fingerprint density at radius 3 is 2.46 bits per heavy atom. The minimum atomic E-state index is -1.12. The minimum Gasteiger partial charge on any atom is -0.478 e. The number of rotatable bonds is 4. The fourth-order valence-corrected chi connectivity index (χ4v) is 2.95. The molecule has 0 saturated heterocycles. The second-order valence-electron chi connectivity index (χ2n) is 5.19. The molecule has 0 bridgehead atoms. The molecule has 0 saturated carbocycles. The van der Waals surface area contributed by atoms with E-state index < -0.39 is 17.9 Å². The molecule has 1 aromatic carbocycles. The quantitative estimate of drug-likeness (QED) is 0.496. The van der Waals surface area contributed by atoms with Crippen molar-refractivity contribution in [1.82, 2.24) is 5.32 Å². The molecule has 0 radical (unpaired) electrons. The molecule has 1 aliphatic rings. The fraction of sp³-hybridized carbons (Fsp3) is 0.235. The second kappa shape index (κ2) is 7.21. The van der Waals surface area contributed by atoms with Gasteiger partial charge in [-0.05, 0) is 37.7 Å². The van der Waals surface area contributed by atoms with E-state index in [4.69, 9.17) is 4.74 Å². The average Bonchev–Trinajstić information content (AvgIpc) is 2.54. The molecule has 2 rings (SSSR count). The maximum Gasteiger partial charge on any atom is 0.336 e. The number of hydrogen-bond acceptors (Lipinski definition) is 6. The van der Waals surface area contributed by atoms with Gasteiger partial charge in [0.2, 0.25) is 0 Å². The van der Waals surface area contributed by atoms with E-state index in [2.05, 4.69) is 27.7 Å². The highest BCUT2D eigenvalue weighted by Gasteiger charge is 2.38. The number of nitrogens with one attached hydrogen (secondary N) is 1. The fourth-order valence-electron chi connectivity index (χ4n) is 2.85. The molecule has 1 aromatic rings. The summed E-state index contributed by atoms with van der Waals surface area (Å²) in [6.07, 6.45) is 0. The van der Waals surface area contributed by atoms with Crippen molar-refractivity contribution in [2.24, 2.45) is 4.99 Å². The van der Waals surface area contributed by atoms with Crippen LogP contribution in [0.25, 0.3) is 0 Å². The number of hydrogen-bond donors (Lipinski definition) is 2. The number of thiocarbonyl (C=S) groups is 1. The number of ether oxygens (including phenoxy) is 1.